The van der Waals surface area contributed by atoms with Crippen LogP contribution in [0.25, 0.3) is 0 Å². The molecule has 6 heteroatoms. The molecule has 1 amide bonds. The molecule has 0 aromatic heterocycles. The lowest BCUT2D eigenvalue weighted by molar-refractivity contribution is -0.151. The molecule has 2 N–H and O–H groups in total. The van der Waals surface area contributed by atoms with E-state index in [1.165, 1.54) is 4.90 Å². The molecule has 0 bridgehead atoms. The molecule has 2 rings (SSSR count). The van der Waals surface area contributed by atoms with E-state index in [0.29, 0.717) is 0 Å². The van der Waals surface area contributed by atoms with Crippen LogP contribution in [0.4, 0.5) is 4.79 Å². The first-order valence-electron chi connectivity index (χ1n) is 6.45. The molecule has 21 heavy (non-hydrogen) atoms. The number of rotatable bonds is 5. The average Bonchev–Trinajstić information content (AvgIpc) is 2.44. The van der Waals surface area contributed by atoms with Gasteiger partial charge in [-0.3, -0.25) is 10.1 Å². The number of carbonyl (C=O) groups is 2. The van der Waals surface area contributed by atoms with Crippen LogP contribution in [0.5, 0.6) is 0 Å². The molecule has 1 saturated heterocycles. The van der Waals surface area contributed by atoms with Crippen LogP contribution in [0.1, 0.15) is 5.56 Å². The van der Waals surface area contributed by atoms with Crippen LogP contribution in [0, 0.1) is 12.3 Å². The second-order valence-electron chi connectivity index (χ2n) is 4.84. The Hall–Kier alpha value is -2.52. The molecule has 1 aliphatic rings. The number of terminal acetylenes is 1. The van der Waals surface area contributed by atoms with Crippen molar-refractivity contribution in [2.45, 2.75) is 12.1 Å². The van der Waals surface area contributed by atoms with Crippen molar-refractivity contribution in [1.82, 2.24) is 10.2 Å². The van der Waals surface area contributed by atoms with Gasteiger partial charge in [0.25, 0.3) is 0 Å². The maximum atomic E-state index is 11.8. The summed E-state index contributed by atoms with van der Waals surface area (Å²) in [4.78, 5) is 24.4. The predicted octanol–water partition coefficient (Wildman–Crippen LogP) is 0.685. The van der Waals surface area contributed by atoms with E-state index in [0.717, 1.165) is 5.56 Å². The lowest BCUT2D eigenvalue weighted by Gasteiger charge is -2.46. The highest BCUT2D eigenvalue weighted by molar-refractivity contribution is 5.84. The standard InChI is InChI=1S/C15H16N2O4/c1-2-8-16-15(13(18)19)10-17(11-15)14(20)21-9-12-6-4-3-5-7-12/h1,3-7,16H,8-11H2,(H,18,19). The Labute approximate surface area is 122 Å². The van der Waals surface area contributed by atoms with E-state index in [1.54, 1.807) is 0 Å². The van der Waals surface area contributed by atoms with Crippen molar-refractivity contribution < 1.29 is 19.4 Å². The van der Waals surface area contributed by atoms with Gasteiger partial charge in [-0.25, -0.2) is 4.79 Å². The first-order chi connectivity index (χ1) is 10.1. The van der Waals surface area contributed by atoms with Crippen LogP contribution in [-0.4, -0.2) is 47.2 Å². The quantitative estimate of drug-likeness (QED) is 0.779. The fraction of sp³-hybridized carbons (Fsp3) is 0.333. The van der Waals surface area contributed by atoms with Gasteiger partial charge in [0, 0.05) is 0 Å². The van der Waals surface area contributed by atoms with E-state index in [2.05, 4.69) is 11.2 Å². The van der Waals surface area contributed by atoms with Crippen molar-refractivity contribution in [3.8, 4) is 12.3 Å². The largest absolute Gasteiger partial charge is 0.480 e. The third-order valence-electron chi connectivity index (χ3n) is 3.32. The molecule has 1 heterocycles. The van der Waals surface area contributed by atoms with Crippen LogP contribution in [-0.2, 0) is 16.1 Å². The Morgan fingerprint density at radius 1 is 1.38 bits per heavy atom. The topological polar surface area (TPSA) is 78.9 Å². The van der Waals surface area contributed by atoms with Gasteiger partial charge in [0.15, 0.2) is 5.54 Å². The number of nitrogens with one attached hydrogen (secondary N) is 1. The summed E-state index contributed by atoms with van der Waals surface area (Å²) in [6, 6.07) is 9.27. The zero-order valence-electron chi connectivity index (χ0n) is 11.4. The van der Waals surface area contributed by atoms with Gasteiger partial charge in [0.1, 0.15) is 6.61 Å². The number of amides is 1. The van der Waals surface area contributed by atoms with E-state index in [9.17, 15) is 14.7 Å². The van der Waals surface area contributed by atoms with Crippen LogP contribution in [0.2, 0.25) is 0 Å². The Kier molecular flexibility index (Phi) is 4.45. The van der Waals surface area contributed by atoms with E-state index in [-0.39, 0.29) is 26.2 Å². The van der Waals surface area contributed by atoms with Gasteiger partial charge < -0.3 is 14.7 Å². The van der Waals surface area contributed by atoms with E-state index >= 15 is 0 Å². The van der Waals surface area contributed by atoms with Crippen LogP contribution < -0.4 is 5.32 Å². The van der Waals surface area contributed by atoms with Crippen LogP contribution in [0.3, 0.4) is 0 Å². The van der Waals surface area contributed by atoms with Gasteiger partial charge in [0.05, 0.1) is 19.6 Å². The van der Waals surface area contributed by atoms with E-state index in [4.69, 9.17) is 11.2 Å². The van der Waals surface area contributed by atoms with Gasteiger partial charge in [-0.15, -0.1) is 6.42 Å². The van der Waals surface area contributed by atoms with Gasteiger partial charge in [-0.2, -0.15) is 0 Å². The summed E-state index contributed by atoms with van der Waals surface area (Å²) in [5.41, 5.74) is -0.292. The molecule has 0 unspecified atom stereocenters. The summed E-state index contributed by atoms with van der Waals surface area (Å²) in [5.74, 6) is 1.30. The van der Waals surface area contributed by atoms with Crippen LogP contribution in [0.15, 0.2) is 30.3 Å². The molecule has 0 aliphatic carbocycles. The second-order valence-corrected chi connectivity index (χ2v) is 4.84. The molecule has 0 radical (unpaired) electrons. The molecule has 1 aliphatic heterocycles. The molecule has 1 aromatic rings. The smallest absolute Gasteiger partial charge is 0.410 e. The number of nitrogens with zero attached hydrogens (tertiary/aromatic N) is 1. The molecule has 0 saturated carbocycles. The minimum absolute atomic E-state index is 0.0393. The Morgan fingerprint density at radius 2 is 2.05 bits per heavy atom. The zero-order chi connectivity index (χ0) is 15.3. The van der Waals surface area contributed by atoms with Gasteiger partial charge in [-0.1, -0.05) is 36.3 Å². The Balaban J connectivity index is 1.84. The number of carboxylic acids is 1. The van der Waals surface area contributed by atoms with Crippen molar-refractivity contribution >= 4 is 12.1 Å². The van der Waals surface area contributed by atoms with Crippen LogP contribution >= 0.6 is 0 Å². The van der Waals surface area contributed by atoms with Crippen molar-refractivity contribution in [2.75, 3.05) is 19.6 Å². The summed E-state index contributed by atoms with van der Waals surface area (Å²) in [5, 5.41) is 12.0. The second kappa shape index (κ2) is 6.29. The average molecular weight is 288 g/mol. The molecule has 6 nitrogen and oxygen atoms in total. The molecular formula is C15H16N2O4. The summed E-state index contributed by atoms with van der Waals surface area (Å²) < 4.78 is 5.14. The number of likely N-dealkylation sites (tertiary alicyclic amines) is 1. The first-order valence-corrected chi connectivity index (χ1v) is 6.45. The van der Waals surface area contributed by atoms with Crippen molar-refractivity contribution in [3.05, 3.63) is 35.9 Å². The minimum Gasteiger partial charge on any atom is -0.480 e. The molecule has 0 atom stereocenters. The van der Waals surface area contributed by atoms with Crippen molar-refractivity contribution in [2.24, 2.45) is 0 Å². The maximum Gasteiger partial charge on any atom is 0.410 e. The van der Waals surface area contributed by atoms with Crippen molar-refractivity contribution in [3.63, 3.8) is 0 Å². The zero-order valence-corrected chi connectivity index (χ0v) is 11.4. The highest BCUT2D eigenvalue weighted by Crippen LogP contribution is 2.22. The van der Waals surface area contributed by atoms with E-state index in [1.807, 2.05) is 30.3 Å². The minimum atomic E-state index is -1.17. The number of aliphatic carboxylic acids is 1. The summed E-state index contributed by atoms with van der Waals surface area (Å²) in [6.07, 6.45) is 4.58. The van der Waals surface area contributed by atoms with Gasteiger partial charge in [0.2, 0.25) is 0 Å². The maximum absolute atomic E-state index is 11.8. The fourth-order valence-electron chi connectivity index (χ4n) is 2.09. The van der Waals surface area contributed by atoms with E-state index < -0.39 is 17.6 Å². The number of benzene rings is 1. The number of ether oxygens (including phenoxy) is 1. The molecule has 0 spiro atoms. The number of hydrogen-bond donors (Lipinski definition) is 2. The normalized spacial score (nSPS) is 15.7. The van der Waals surface area contributed by atoms with Gasteiger partial charge >= 0.3 is 12.1 Å². The monoisotopic (exact) mass is 288 g/mol. The van der Waals surface area contributed by atoms with Gasteiger partial charge in [-0.05, 0) is 5.56 Å². The Bertz CT molecular complexity index is 559. The fourth-order valence-corrected chi connectivity index (χ4v) is 2.09. The molecule has 110 valence electrons. The summed E-state index contributed by atoms with van der Waals surface area (Å²) in [6.45, 7) is 0.377. The number of carboxylic acid groups (broad SMARTS) is 1. The SMILES string of the molecule is C#CCNC1(C(=O)O)CN(C(=O)OCc2ccccc2)C1. The third kappa shape index (κ3) is 3.33. The van der Waals surface area contributed by atoms with Crippen molar-refractivity contribution in [1.29, 1.82) is 0 Å². The summed E-state index contributed by atoms with van der Waals surface area (Å²) in [7, 11) is 0. The number of hydrogen-bond acceptors (Lipinski definition) is 4. The number of carbonyl (C=O) groups excluding carboxylic acids is 1. The lowest BCUT2D eigenvalue weighted by Crippen LogP contribution is -2.74. The molecule has 1 aromatic carbocycles. The Morgan fingerprint density at radius 3 is 2.62 bits per heavy atom. The first kappa shape index (κ1) is 14.9. The third-order valence-corrected chi connectivity index (χ3v) is 3.32. The molecule has 1 fully saturated rings. The lowest BCUT2D eigenvalue weighted by atomic mass is 9.90. The summed E-state index contributed by atoms with van der Waals surface area (Å²) >= 11 is 0. The molecular weight excluding hydrogens is 272 g/mol. The predicted molar refractivity (Wildman–Crippen MR) is 75.4 cm³/mol. The highest BCUT2D eigenvalue weighted by Gasteiger charge is 2.51. The highest BCUT2D eigenvalue weighted by atomic mass is 16.6.